The first kappa shape index (κ1) is 14.2. The van der Waals surface area contributed by atoms with Gasteiger partial charge in [0.25, 0.3) is 0 Å². The van der Waals surface area contributed by atoms with Crippen LogP contribution in [0.4, 0.5) is 0 Å². The van der Waals surface area contributed by atoms with Gasteiger partial charge in [-0.3, -0.25) is 0 Å². The van der Waals surface area contributed by atoms with Crippen molar-refractivity contribution in [2.45, 2.75) is 26.7 Å². The number of nitriles is 1. The Morgan fingerprint density at radius 1 is 1.47 bits per heavy atom. The second kappa shape index (κ2) is 6.78. The molecule has 0 aliphatic carbocycles. The standard InChI is InChI=1S/C13H16ClNOS/c1-9-7-12(16-3)11(10(2)13(9)14)5-4-6-17-8-15/h7H,4-6H2,1-3H3. The third kappa shape index (κ3) is 3.55. The van der Waals surface area contributed by atoms with Crippen LogP contribution in [0.2, 0.25) is 5.02 Å². The van der Waals surface area contributed by atoms with E-state index in [0.29, 0.717) is 0 Å². The summed E-state index contributed by atoms with van der Waals surface area (Å²) in [7, 11) is 1.68. The maximum absolute atomic E-state index is 8.47. The molecule has 0 aromatic heterocycles. The van der Waals surface area contributed by atoms with Crippen molar-refractivity contribution in [3.8, 4) is 11.2 Å². The Bertz CT molecular complexity index is 440. The number of methoxy groups -OCH3 is 1. The summed E-state index contributed by atoms with van der Waals surface area (Å²) in [6.07, 6.45) is 1.85. The largest absolute Gasteiger partial charge is 0.496 e. The second-order valence-electron chi connectivity index (χ2n) is 3.86. The van der Waals surface area contributed by atoms with E-state index in [1.807, 2.05) is 19.9 Å². The summed E-state index contributed by atoms with van der Waals surface area (Å²) in [6, 6.07) is 1.97. The van der Waals surface area contributed by atoms with Crippen molar-refractivity contribution in [3.63, 3.8) is 0 Å². The van der Waals surface area contributed by atoms with E-state index >= 15 is 0 Å². The van der Waals surface area contributed by atoms with Crippen LogP contribution in [0.3, 0.4) is 0 Å². The molecular weight excluding hydrogens is 254 g/mol. The lowest BCUT2D eigenvalue weighted by molar-refractivity contribution is 0.408. The van der Waals surface area contributed by atoms with Crippen LogP contribution in [-0.4, -0.2) is 12.9 Å². The number of hydrogen-bond acceptors (Lipinski definition) is 3. The molecule has 0 fully saturated rings. The summed E-state index contributed by atoms with van der Waals surface area (Å²) in [5, 5.41) is 11.4. The van der Waals surface area contributed by atoms with Crippen LogP contribution in [0.1, 0.15) is 23.1 Å². The number of halogens is 1. The molecular formula is C13H16ClNOS. The number of aryl methyl sites for hydroxylation is 1. The molecule has 4 heteroatoms. The maximum atomic E-state index is 8.47. The molecule has 17 heavy (non-hydrogen) atoms. The van der Waals surface area contributed by atoms with Gasteiger partial charge in [-0.15, -0.1) is 0 Å². The minimum atomic E-state index is 0.814. The number of hydrogen-bond donors (Lipinski definition) is 0. The molecule has 0 N–H and O–H groups in total. The molecule has 1 aromatic rings. The van der Waals surface area contributed by atoms with Gasteiger partial charge < -0.3 is 4.74 Å². The molecule has 0 bridgehead atoms. The van der Waals surface area contributed by atoms with Crippen LogP contribution >= 0.6 is 23.4 Å². The summed E-state index contributed by atoms with van der Waals surface area (Å²) >= 11 is 7.52. The molecule has 0 unspecified atom stereocenters. The van der Waals surface area contributed by atoms with E-state index in [2.05, 4.69) is 5.40 Å². The average molecular weight is 270 g/mol. The molecule has 1 aromatic carbocycles. The van der Waals surface area contributed by atoms with Gasteiger partial charge in [-0.05, 0) is 61.2 Å². The van der Waals surface area contributed by atoms with Gasteiger partial charge in [-0.2, -0.15) is 5.26 Å². The Hall–Kier alpha value is -0.850. The normalized spacial score (nSPS) is 10.1. The predicted molar refractivity (Wildman–Crippen MR) is 73.9 cm³/mol. The van der Waals surface area contributed by atoms with Crippen LogP contribution in [-0.2, 0) is 6.42 Å². The molecule has 0 atom stereocenters. The van der Waals surface area contributed by atoms with Gasteiger partial charge in [-0.1, -0.05) is 11.6 Å². The fraction of sp³-hybridized carbons (Fsp3) is 0.462. The van der Waals surface area contributed by atoms with Crippen molar-refractivity contribution in [2.75, 3.05) is 12.9 Å². The minimum Gasteiger partial charge on any atom is -0.496 e. The van der Waals surface area contributed by atoms with Gasteiger partial charge >= 0.3 is 0 Å². The quantitative estimate of drug-likeness (QED) is 0.596. The number of nitrogens with zero attached hydrogens (tertiary/aromatic N) is 1. The van der Waals surface area contributed by atoms with E-state index in [-0.39, 0.29) is 0 Å². The van der Waals surface area contributed by atoms with E-state index in [1.165, 1.54) is 11.8 Å². The van der Waals surface area contributed by atoms with E-state index in [0.717, 1.165) is 46.1 Å². The molecule has 2 nitrogen and oxygen atoms in total. The third-order valence-corrected chi connectivity index (χ3v) is 3.93. The lowest BCUT2D eigenvalue weighted by Crippen LogP contribution is -1.99. The highest BCUT2D eigenvalue weighted by atomic mass is 35.5. The number of benzene rings is 1. The molecule has 0 saturated heterocycles. The SMILES string of the molecule is COc1cc(C)c(Cl)c(C)c1CCCSC#N. The molecule has 1 rings (SSSR count). The number of thiocyanates is 1. The Kier molecular flexibility index (Phi) is 5.67. The summed E-state index contributed by atoms with van der Waals surface area (Å²) in [4.78, 5) is 0. The molecule has 0 heterocycles. The molecule has 92 valence electrons. The fourth-order valence-electron chi connectivity index (χ4n) is 1.82. The smallest absolute Gasteiger partial charge is 0.133 e. The van der Waals surface area contributed by atoms with Crippen LogP contribution in [0.25, 0.3) is 0 Å². The first-order valence-electron chi connectivity index (χ1n) is 5.45. The van der Waals surface area contributed by atoms with Gasteiger partial charge in [-0.25, -0.2) is 0 Å². The minimum absolute atomic E-state index is 0.814. The van der Waals surface area contributed by atoms with Crippen molar-refractivity contribution in [1.82, 2.24) is 0 Å². The van der Waals surface area contributed by atoms with E-state index < -0.39 is 0 Å². The van der Waals surface area contributed by atoms with E-state index in [1.54, 1.807) is 7.11 Å². The Labute approximate surface area is 112 Å². The van der Waals surface area contributed by atoms with Crippen molar-refractivity contribution in [1.29, 1.82) is 5.26 Å². The molecule has 0 radical (unpaired) electrons. The van der Waals surface area contributed by atoms with Gasteiger partial charge in [0.2, 0.25) is 0 Å². The van der Waals surface area contributed by atoms with Crippen molar-refractivity contribution in [2.24, 2.45) is 0 Å². The van der Waals surface area contributed by atoms with Crippen LogP contribution in [0, 0.1) is 24.5 Å². The van der Waals surface area contributed by atoms with Crippen molar-refractivity contribution < 1.29 is 4.74 Å². The lowest BCUT2D eigenvalue weighted by atomic mass is 10.0. The molecule has 0 saturated carbocycles. The molecule has 0 aliphatic rings. The number of ether oxygens (including phenoxy) is 1. The lowest BCUT2D eigenvalue weighted by Gasteiger charge is -2.14. The zero-order chi connectivity index (χ0) is 12.8. The molecule has 0 aliphatic heterocycles. The first-order valence-corrected chi connectivity index (χ1v) is 6.81. The fourth-order valence-corrected chi connectivity index (χ4v) is 2.37. The topological polar surface area (TPSA) is 33.0 Å². The Balaban J connectivity index is 2.89. The van der Waals surface area contributed by atoms with E-state index in [9.17, 15) is 0 Å². The Morgan fingerprint density at radius 2 is 2.18 bits per heavy atom. The van der Waals surface area contributed by atoms with Crippen LogP contribution in [0.5, 0.6) is 5.75 Å². The number of rotatable bonds is 5. The third-order valence-electron chi connectivity index (χ3n) is 2.73. The van der Waals surface area contributed by atoms with E-state index in [4.69, 9.17) is 21.6 Å². The van der Waals surface area contributed by atoms with Crippen molar-refractivity contribution >= 4 is 23.4 Å². The first-order chi connectivity index (χ1) is 8.11. The summed E-state index contributed by atoms with van der Waals surface area (Å²) in [5.74, 6) is 1.73. The maximum Gasteiger partial charge on any atom is 0.133 e. The van der Waals surface area contributed by atoms with Gasteiger partial charge in [0.15, 0.2) is 0 Å². The highest BCUT2D eigenvalue weighted by Gasteiger charge is 2.12. The highest BCUT2D eigenvalue weighted by Crippen LogP contribution is 2.32. The monoisotopic (exact) mass is 269 g/mol. The van der Waals surface area contributed by atoms with Gasteiger partial charge in [0, 0.05) is 10.8 Å². The highest BCUT2D eigenvalue weighted by molar-refractivity contribution is 8.03. The van der Waals surface area contributed by atoms with Crippen molar-refractivity contribution in [3.05, 3.63) is 27.8 Å². The van der Waals surface area contributed by atoms with Crippen LogP contribution in [0.15, 0.2) is 6.07 Å². The summed E-state index contributed by atoms with van der Waals surface area (Å²) < 4.78 is 5.39. The summed E-state index contributed by atoms with van der Waals surface area (Å²) in [5.41, 5.74) is 3.28. The number of thioether (sulfide) groups is 1. The average Bonchev–Trinajstić information content (AvgIpc) is 2.33. The predicted octanol–water partition coefficient (Wildman–Crippen LogP) is 4.11. The molecule has 0 spiro atoms. The van der Waals surface area contributed by atoms with Gasteiger partial charge in [0.1, 0.15) is 11.2 Å². The molecule has 0 amide bonds. The summed E-state index contributed by atoms with van der Waals surface area (Å²) in [6.45, 7) is 4.00. The van der Waals surface area contributed by atoms with Crippen LogP contribution < -0.4 is 4.74 Å². The van der Waals surface area contributed by atoms with Gasteiger partial charge in [0.05, 0.1) is 7.11 Å². The Morgan fingerprint density at radius 3 is 2.76 bits per heavy atom. The second-order valence-corrected chi connectivity index (χ2v) is 5.11. The zero-order valence-electron chi connectivity index (χ0n) is 10.3. The zero-order valence-corrected chi connectivity index (χ0v) is 11.9.